The highest BCUT2D eigenvalue weighted by Gasteiger charge is 2.74. The van der Waals surface area contributed by atoms with Gasteiger partial charge in [0, 0.05) is 30.1 Å². The van der Waals surface area contributed by atoms with Crippen LogP contribution in [0.2, 0.25) is 0 Å². The molecule has 2 saturated carbocycles. The van der Waals surface area contributed by atoms with E-state index in [-0.39, 0.29) is 29.7 Å². The number of carbonyl (C=O) groups is 1. The minimum Gasteiger partial charge on any atom is -0.504 e. The Bertz CT molecular complexity index is 1320. The number of rotatable bonds is 3. The molecule has 0 aromatic heterocycles. The summed E-state index contributed by atoms with van der Waals surface area (Å²) in [7, 11) is 0. The number of hydrogen-bond donors (Lipinski definition) is 2. The third-order valence-corrected chi connectivity index (χ3v) is 9.11. The second-order valence-corrected chi connectivity index (χ2v) is 11.1. The Kier molecular flexibility index (Phi) is 4.43. The number of likely N-dealkylation sites (tertiary alicyclic amines) is 1. The van der Waals surface area contributed by atoms with E-state index in [0.29, 0.717) is 29.9 Å². The van der Waals surface area contributed by atoms with Gasteiger partial charge in [-0.05, 0) is 73.5 Å². The molecule has 36 heavy (non-hydrogen) atoms. The highest BCUT2D eigenvalue weighted by atomic mass is 19.4. The molecule has 4 atom stereocenters. The zero-order valence-corrected chi connectivity index (χ0v) is 19.5. The number of benzene rings is 2. The van der Waals surface area contributed by atoms with Crippen molar-refractivity contribution in [3.05, 3.63) is 64.2 Å². The van der Waals surface area contributed by atoms with E-state index in [4.69, 9.17) is 4.74 Å². The van der Waals surface area contributed by atoms with Crippen LogP contribution in [0.25, 0.3) is 6.08 Å². The van der Waals surface area contributed by atoms with Gasteiger partial charge in [-0.3, -0.25) is 9.69 Å². The summed E-state index contributed by atoms with van der Waals surface area (Å²) < 4.78 is 45.2. The zero-order valence-electron chi connectivity index (χ0n) is 19.5. The van der Waals surface area contributed by atoms with Crippen molar-refractivity contribution in [2.45, 2.75) is 61.4 Å². The Morgan fingerprint density at radius 2 is 1.89 bits per heavy atom. The van der Waals surface area contributed by atoms with E-state index in [1.165, 1.54) is 25.0 Å². The summed E-state index contributed by atoms with van der Waals surface area (Å²) in [5.74, 6) is 0.591. The number of phenols is 1. The van der Waals surface area contributed by atoms with Gasteiger partial charge in [0.25, 0.3) is 0 Å². The number of alkyl halides is 3. The van der Waals surface area contributed by atoms with Gasteiger partial charge >= 0.3 is 6.18 Å². The van der Waals surface area contributed by atoms with Gasteiger partial charge in [-0.1, -0.05) is 18.2 Å². The normalized spacial score (nSPS) is 34.0. The van der Waals surface area contributed by atoms with Crippen LogP contribution < -0.4 is 4.74 Å². The van der Waals surface area contributed by atoms with Gasteiger partial charge in [0.05, 0.1) is 16.6 Å². The van der Waals surface area contributed by atoms with Crippen molar-refractivity contribution in [3.63, 3.8) is 0 Å². The first-order valence-corrected chi connectivity index (χ1v) is 12.5. The Morgan fingerprint density at radius 1 is 1.14 bits per heavy atom. The topological polar surface area (TPSA) is 70.0 Å². The Morgan fingerprint density at radius 3 is 2.58 bits per heavy atom. The third kappa shape index (κ3) is 2.88. The lowest BCUT2D eigenvalue weighted by Gasteiger charge is -2.62. The largest absolute Gasteiger partial charge is 0.504 e. The van der Waals surface area contributed by atoms with Gasteiger partial charge in [-0.15, -0.1) is 0 Å². The van der Waals surface area contributed by atoms with Crippen LogP contribution in [0.3, 0.4) is 0 Å². The van der Waals surface area contributed by atoms with E-state index in [0.717, 1.165) is 36.3 Å². The van der Waals surface area contributed by atoms with E-state index in [1.807, 2.05) is 6.07 Å². The fourth-order valence-corrected chi connectivity index (χ4v) is 7.28. The molecule has 5 nitrogen and oxygen atoms in total. The van der Waals surface area contributed by atoms with E-state index in [1.54, 1.807) is 12.1 Å². The predicted octanol–water partition coefficient (Wildman–Crippen LogP) is 4.24. The Labute approximate surface area is 206 Å². The van der Waals surface area contributed by atoms with Crippen LogP contribution in [-0.4, -0.2) is 51.7 Å². The molecule has 0 unspecified atom stereocenters. The SMILES string of the molecule is O=C1/C(=C/c2ccc(C(F)(F)F)cc2)C[C@@]2(O)[C@H]3Cc4ccc(O)c5c4[C@@]2(CCN3CC2CC2)[C@H]1O5. The molecule has 7 rings (SSSR count). The van der Waals surface area contributed by atoms with Crippen LogP contribution in [0.4, 0.5) is 13.2 Å². The summed E-state index contributed by atoms with van der Waals surface area (Å²) >= 11 is 0. The fraction of sp³-hybridized carbons (Fsp3) is 0.464. The summed E-state index contributed by atoms with van der Waals surface area (Å²) in [5.41, 5.74) is -0.446. The maximum absolute atomic E-state index is 13.8. The van der Waals surface area contributed by atoms with Gasteiger partial charge in [0.2, 0.25) is 0 Å². The summed E-state index contributed by atoms with van der Waals surface area (Å²) in [6.07, 6.45) is -0.254. The van der Waals surface area contributed by atoms with Crippen LogP contribution in [0, 0.1) is 5.92 Å². The monoisotopic (exact) mass is 497 g/mol. The third-order valence-electron chi connectivity index (χ3n) is 9.11. The minimum atomic E-state index is -4.44. The summed E-state index contributed by atoms with van der Waals surface area (Å²) in [6.45, 7) is 1.64. The van der Waals surface area contributed by atoms with Crippen molar-refractivity contribution < 1.29 is 32.9 Å². The molecule has 2 aliphatic heterocycles. The lowest BCUT2D eigenvalue weighted by Crippen LogP contribution is -2.77. The molecule has 1 spiro atoms. The number of ketones is 1. The number of piperidine rings is 1. The number of halogens is 3. The average Bonchev–Trinajstić information content (AvgIpc) is 3.57. The second-order valence-electron chi connectivity index (χ2n) is 11.1. The molecule has 2 aromatic rings. The maximum Gasteiger partial charge on any atom is 0.416 e. The van der Waals surface area contributed by atoms with Crippen LogP contribution >= 0.6 is 0 Å². The molecule has 3 aliphatic carbocycles. The van der Waals surface area contributed by atoms with Crippen LogP contribution in [0.1, 0.15) is 47.9 Å². The standard InChI is InChI=1S/C28H26F3NO4/c29-28(30,31)19-6-3-15(4-7-19)11-18-13-27(35)21-12-17-5-8-20(33)24-22(17)26(27,25(36-24)23(18)34)9-10-32(21)14-16-1-2-16/h3-8,11,16,21,25,33,35H,1-2,9-10,12-14H2/b18-11+/t21-,25+,26+,27-/m1/s1. The molecule has 1 saturated heterocycles. The first-order valence-electron chi connectivity index (χ1n) is 12.5. The maximum atomic E-state index is 13.8. The first-order chi connectivity index (χ1) is 17.1. The minimum absolute atomic E-state index is 0.0418. The smallest absolute Gasteiger partial charge is 0.416 e. The number of hydrogen-bond acceptors (Lipinski definition) is 5. The predicted molar refractivity (Wildman–Crippen MR) is 125 cm³/mol. The molecule has 2 bridgehead atoms. The summed E-state index contributed by atoms with van der Waals surface area (Å²) in [4.78, 5) is 16.2. The van der Waals surface area contributed by atoms with Gasteiger partial charge in [0.15, 0.2) is 23.4 Å². The number of ether oxygens (including phenoxy) is 1. The van der Waals surface area contributed by atoms with Gasteiger partial charge in [0.1, 0.15) is 0 Å². The molecular formula is C28H26F3NO4. The van der Waals surface area contributed by atoms with Gasteiger partial charge < -0.3 is 14.9 Å². The zero-order chi connectivity index (χ0) is 25.0. The summed E-state index contributed by atoms with van der Waals surface area (Å²) in [5, 5.41) is 23.2. The molecule has 2 heterocycles. The molecule has 188 valence electrons. The molecule has 8 heteroatoms. The van der Waals surface area contributed by atoms with E-state index in [2.05, 4.69) is 4.90 Å². The van der Waals surface area contributed by atoms with Crippen molar-refractivity contribution in [2.75, 3.05) is 13.1 Å². The number of carbonyl (C=O) groups excluding carboxylic acids is 1. The Hall–Kier alpha value is -2.84. The molecule has 2 aromatic carbocycles. The number of phenolic OH excluding ortho intramolecular Hbond substituents is 1. The van der Waals surface area contributed by atoms with Crippen molar-refractivity contribution in [1.29, 1.82) is 0 Å². The van der Waals surface area contributed by atoms with Gasteiger partial charge in [-0.25, -0.2) is 0 Å². The molecule has 0 amide bonds. The van der Waals surface area contributed by atoms with E-state index in [9.17, 15) is 28.2 Å². The molecule has 3 fully saturated rings. The number of aliphatic hydroxyl groups is 1. The van der Waals surface area contributed by atoms with E-state index >= 15 is 0 Å². The highest BCUT2D eigenvalue weighted by molar-refractivity contribution is 6.06. The Balaban J connectivity index is 1.35. The van der Waals surface area contributed by atoms with Crippen molar-refractivity contribution >= 4 is 11.9 Å². The van der Waals surface area contributed by atoms with Crippen molar-refractivity contribution in [3.8, 4) is 11.5 Å². The first kappa shape index (κ1) is 22.4. The lowest BCUT2D eigenvalue weighted by atomic mass is 9.48. The number of aromatic hydroxyl groups is 1. The second kappa shape index (κ2) is 7.13. The number of Topliss-reactive ketones (excluding diaryl/α,β-unsaturated/α-hetero) is 1. The van der Waals surface area contributed by atoms with Crippen molar-refractivity contribution in [1.82, 2.24) is 4.90 Å². The average molecular weight is 498 g/mol. The highest BCUT2D eigenvalue weighted by Crippen LogP contribution is 2.65. The van der Waals surface area contributed by atoms with Crippen molar-refractivity contribution in [2.24, 2.45) is 5.92 Å². The number of nitrogens with zero attached hydrogens (tertiary/aromatic N) is 1. The van der Waals surface area contributed by atoms with E-state index < -0.39 is 28.9 Å². The quantitative estimate of drug-likeness (QED) is 0.621. The molecule has 5 aliphatic rings. The molecule has 0 radical (unpaired) electrons. The summed E-state index contributed by atoms with van der Waals surface area (Å²) in [6, 6.07) is 7.93. The van der Waals surface area contributed by atoms with Crippen LogP contribution in [-0.2, 0) is 22.8 Å². The van der Waals surface area contributed by atoms with Crippen LogP contribution in [0.5, 0.6) is 11.5 Å². The molecular weight excluding hydrogens is 471 g/mol. The van der Waals surface area contributed by atoms with Crippen LogP contribution in [0.15, 0.2) is 42.0 Å². The lowest BCUT2D eigenvalue weighted by molar-refractivity contribution is -0.179. The van der Waals surface area contributed by atoms with Gasteiger partial charge in [-0.2, -0.15) is 13.2 Å². The molecule has 2 N–H and O–H groups in total. The fourth-order valence-electron chi connectivity index (χ4n) is 7.28.